The number of tetrazole rings is 1. The summed E-state index contributed by atoms with van der Waals surface area (Å²) < 4.78 is 1.94. The molecule has 6 nitrogen and oxygen atoms in total. The predicted molar refractivity (Wildman–Crippen MR) is 99.4 cm³/mol. The minimum absolute atomic E-state index is 0.106. The monoisotopic (exact) mass is 365 g/mol. The van der Waals surface area contributed by atoms with Crippen molar-refractivity contribution in [2.75, 3.05) is 0 Å². The van der Waals surface area contributed by atoms with Crippen LogP contribution in [-0.4, -0.2) is 37.4 Å². The molecule has 25 heavy (non-hydrogen) atoms. The Kier molecular flexibility index (Phi) is 6.36. The minimum Gasteiger partial charge on any atom is -0.352 e. The SMILES string of the molecule is CC(Sc1nnnn1C1CCCCC1)C(=O)NC1CCCC(C)C1C. The number of nitrogens with one attached hydrogen (secondary N) is 1. The van der Waals surface area contributed by atoms with Crippen molar-refractivity contribution in [2.24, 2.45) is 11.8 Å². The Morgan fingerprint density at radius 1 is 1.16 bits per heavy atom. The summed E-state index contributed by atoms with van der Waals surface area (Å²) in [5, 5.41) is 16.1. The van der Waals surface area contributed by atoms with E-state index in [0.717, 1.165) is 24.4 Å². The molecule has 0 aliphatic heterocycles. The van der Waals surface area contributed by atoms with Gasteiger partial charge in [0.25, 0.3) is 0 Å². The Morgan fingerprint density at radius 3 is 2.68 bits per heavy atom. The maximum atomic E-state index is 12.7. The molecule has 2 saturated carbocycles. The second kappa shape index (κ2) is 8.52. The van der Waals surface area contributed by atoms with Gasteiger partial charge in [-0.3, -0.25) is 4.79 Å². The third kappa shape index (κ3) is 4.54. The number of nitrogens with zero attached hydrogens (tertiary/aromatic N) is 4. The van der Waals surface area contributed by atoms with Crippen LogP contribution in [0.4, 0.5) is 0 Å². The Bertz CT molecular complexity index is 572. The van der Waals surface area contributed by atoms with E-state index in [0.29, 0.717) is 23.9 Å². The molecule has 3 rings (SSSR count). The smallest absolute Gasteiger partial charge is 0.233 e. The van der Waals surface area contributed by atoms with Crippen molar-refractivity contribution in [1.29, 1.82) is 0 Å². The molecule has 0 aromatic carbocycles. The Balaban J connectivity index is 1.57. The van der Waals surface area contributed by atoms with Gasteiger partial charge >= 0.3 is 0 Å². The fraction of sp³-hybridized carbons (Fsp3) is 0.889. The summed E-state index contributed by atoms with van der Waals surface area (Å²) in [6, 6.07) is 0.689. The first kappa shape index (κ1) is 18.7. The normalized spacial score (nSPS) is 29.3. The summed E-state index contributed by atoms with van der Waals surface area (Å²) in [5.74, 6) is 1.33. The zero-order chi connectivity index (χ0) is 17.8. The molecule has 7 heteroatoms. The maximum absolute atomic E-state index is 12.7. The van der Waals surface area contributed by atoms with Crippen LogP contribution in [0.1, 0.15) is 78.2 Å². The zero-order valence-corrected chi connectivity index (χ0v) is 16.5. The predicted octanol–water partition coefficient (Wildman–Crippen LogP) is 3.60. The lowest BCUT2D eigenvalue weighted by atomic mass is 9.78. The molecule has 1 amide bonds. The number of carbonyl (C=O) groups is 1. The number of rotatable bonds is 5. The Morgan fingerprint density at radius 2 is 1.92 bits per heavy atom. The molecule has 2 aliphatic carbocycles. The van der Waals surface area contributed by atoms with Crippen molar-refractivity contribution in [3.05, 3.63) is 0 Å². The first-order valence-electron chi connectivity index (χ1n) is 9.81. The van der Waals surface area contributed by atoms with Crippen molar-refractivity contribution in [3.8, 4) is 0 Å². The highest BCUT2D eigenvalue weighted by molar-refractivity contribution is 8.00. The Labute approximate surface area is 154 Å². The van der Waals surface area contributed by atoms with E-state index in [1.54, 1.807) is 0 Å². The van der Waals surface area contributed by atoms with Gasteiger partial charge in [0, 0.05) is 6.04 Å². The number of carbonyl (C=O) groups excluding carboxylic acids is 1. The van der Waals surface area contributed by atoms with E-state index in [9.17, 15) is 4.79 Å². The summed E-state index contributed by atoms with van der Waals surface area (Å²) >= 11 is 1.48. The van der Waals surface area contributed by atoms with Gasteiger partial charge in [0.1, 0.15) is 0 Å². The summed E-state index contributed by atoms with van der Waals surface area (Å²) in [7, 11) is 0. The molecule has 2 aliphatic rings. The molecule has 2 fully saturated rings. The van der Waals surface area contributed by atoms with Crippen LogP contribution in [0.5, 0.6) is 0 Å². The molecule has 0 saturated heterocycles. The quantitative estimate of drug-likeness (QED) is 0.807. The molecular formula is C18H31N5OS. The van der Waals surface area contributed by atoms with Crippen LogP contribution in [0, 0.1) is 11.8 Å². The van der Waals surface area contributed by atoms with E-state index >= 15 is 0 Å². The van der Waals surface area contributed by atoms with Crippen molar-refractivity contribution < 1.29 is 4.79 Å². The van der Waals surface area contributed by atoms with Crippen molar-refractivity contribution in [1.82, 2.24) is 25.5 Å². The lowest BCUT2D eigenvalue weighted by molar-refractivity contribution is -0.121. The van der Waals surface area contributed by atoms with Crippen molar-refractivity contribution >= 4 is 17.7 Å². The topological polar surface area (TPSA) is 72.7 Å². The molecule has 0 spiro atoms. The molecule has 1 heterocycles. The first-order valence-corrected chi connectivity index (χ1v) is 10.7. The molecule has 0 radical (unpaired) electrons. The molecule has 4 atom stereocenters. The lowest BCUT2D eigenvalue weighted by Gasteiger charge is -2.35. The number of hydrogen-bond acceptors (Lipinski definition) is 5. The highest BCUT2D eigenvalue weighted by Gasteiger charge is 2.30. The van der Waals surface area contributed by atoms with E-state index in [-0.39, 0.29) is 11.2 Å². The van der Waals surface area contributed by atoms with E-state index in [2.05, 4.69) is 34.7 Å². The Hall–Kier alpha value is -1.11. The summed E-state index contributed by atoms with van der Waals surface area (Å²) in [6.45, 7) is 6.51. The van der Waals surface area contributed by atoms with Crippen LogP contribution in [0.15, 0.2) is 5.16 Å². The molecule has 1 aromatic heterocycles. The van der Waals surface area contributed by atoms with Gasteiger partial charge in [-0.2, -0.15) is 0 Å². The number of aromatic nitrogens is 4. The van der Waals surface area contributed by atoms with E-state index < -0.39 is 0 Å². The van der Waals surface area contributed by atoms with Gasteiger partial charge in [0.15, 0.2) is 0 Å². The number of hydrogen-bond donors (Lipinski definition) is 1. The second-order valence-electron chi connectivity index (χ2n) is 7.84. The highest BCUT2D eigenvalue weighted by Crippen LogP contribution is 2.32. The first-order chi connectivity index (χ1) is 12.1. The average molecular weight is 366 g/mol. The number of thioether (sulfide) groups is 1. The summed E-state index contributed by atoms with van der Waals surface area (Å²) in [5.41, 5.74) is 0. The van der Waals surface area contributed by atoms with Gasteiger partial charge in [-0.25, -0.2) is 4.68 Å². The minimum atomic E-state index is -0.183. The lowest BCUT2D eigenvalue weighted by Crippen LogP contribution is -2.46. The largest absolute Gasteiger partial charge is 0.352 e. The fourth-order valence-corrected chi connectivity index (χ4v) is 4.98. The van der Waals surface area contributed by atoms with Crippen LogP contribution in [0.25, 0.3) is 0 Å². The van der Waals surface area contributed by atoms with Crippen LogP contribution in [-0.2, 0) is 4.79 Å². The molecule has 140 valence electrons. The van der Waals surface area contributed by atoms with E-state index in [4.69, 9.17) is 0 Å². The van der Waals surface area contributed by atoms with E-state index in [1.165, 1.54) is 43.9 Å². The van der Waals surface area contributed by atoms with Crippen molar-refractivity contribution in [3.63, 3.8) is 0 Å². The highest BCUT2D eigenvalue weighted by atomic mass is 32.2. The molecule has 4 unspecified atom stereocenters. The standard InChI is InChI=1S/C18H31N5OS/c1-12-8-7-11-16(13(12)2)19-17(24)14(3)25-18-20-21-22-23(18)15-9-5-4-6-10-15/h12-16H,4-11H2,1-3H3,(H,19,24). The molecule has 1 aromatic rings. The summed E-state index contributed by atoms with van der Waals surface area (Å²) in [6.07, 6.45) is 9.62. The fourth-order valence-electron chi connectivity index (χ4n) is 4.12. The van der Waals surface area contributed by atoms with Gasteiger partial charge in [-0.15, -0.1) is 5.10 Å². The van der Waals surface area contributed by atoms with E-state index in [1.807, 2.05) is 11.6 Å². The molecular weight excluding hydrogens is 334 g/mol. The van der Waals surface area contributed by atoms with Gasteiger partial charge in [-0.1, -0.05) is 57.7 Å². The van der Waals surface area contributed by atoms with Crippen LogP contribution in [0.2, 0.25) is 0 Å². The zero-order valence-electron chi connectivity index (χ0n) is 15.6. The van der Waals surface area contributed by atoms with Gasteiger partial charge in [-0.05, 0) is 48.4 Å². The van der Waals surface area contributed by atoms with Crippen LogP contribution >= 0.6 is 11.8 Å². The average Bonchev–Trinajstić information content (AvgIpc) is 3.07. The summed E-state index contributed by atoms with van der Waals surface area (Å²) in [4.78, 5) is 12.7. The maximum Gasteiger partial charge on any atom is 0.233 e. The van der Waals surface area contributed by atoms with Crippen molar-refractivity contribution in [2.45, 2.75) is 94.6 Å². The molecule has 1 N–H and O–H groups in total. The van der Waals surface area contributed by atoms with Crippen LogP contribution < -0.4 is 5.32 Å². The van der Waals surface area contributed by atoms with Gasteiger partial charge < -0.3 is 5.32 Å². The third-order valence-corrected chi connectivity index (χ3v) is 7.12. The van der Waals surface area contributed by atoms with Gasteiger partial charge in [0.2, 0.25) is 11.1 Å². The molecule has 0 bridgehead atoms. The third-order valence-electron chi connectivity index (χ3n) is 6.07. The number of amides is 1. The second-order valence-corrected chi connectivity index (χ2v) is 9.15. The van der Waals surface area contributed by atoms with Crippen LogP contribution in [0.3, 0.4) is 0 Å². The van der Waals surface area contributed by atoms with Gasteiger partial charge in [0.05, 0.1) is 11.3 Å².